The van der Waals surface area contributed by atoms with Gasteiger partial charge in [-0.1, -0.05) is 36.4 Å². The molecule has 0 atom stereocenters. The molecule has 0 fully saturated rings. The van der Waals surface area contributed by atoms with E-state index >= 15 is 0 Å². The summed E-state index contributed by atoms with van der Waals surface area (Å²) >= 11 is 0. The Bertz CT molecular complexity index is 1440. The van der Waals surface area contributed by atoms with E-state index in [9.17, 15) is 14.4 Å². The van der Waals surface area contributed by atoms with E-state index in [4.69, 9.17) is 14.2 Å². The van der Waals surface area contributed by atoms with Crippen molar-refractivity contribution in [2.24, 2.45) is 0 Å². The predicted molar refractivity (Wildman–Crippen MR) is 149 cm³/mol. The highest BCUT2D eigenvalue weighted by Gasteiger charge is 2.18. The van der Waals surface area contributed by atoms with Crippen LogP contribution >= 0.6 is 0 Å². The van der Waals surface area contributed by atoms with Crippen LogP contribution in [0.3, 0.4) is 0 Å². The highest BCUT2D eigenvalue weighted by molar-refractivity contribution is 6.11. The molecule has 0 aliphatic carbocycles. The Morgan fingerprint density at radius 1 is 0.513 bits per heavy atom. The summed E-state index contributed by atoms with van der Waals surface area (Å²) in [5, 5.41) is 8.39. The number of hydrogen-bond donors (Lipinski definition) is 3. The zero-order valence-corrected chi connectivity index (χ0v) is 21.6. The number of carbonyl (C=O) groups excluding carboxylic acids is 3. The standard InChI is InChI=1S/C30H27N3O6/c1-37-25-13-7-4-10-22(25)29(35)31-20-16-19(28(34)33-24-12-6-9-15-27(24)39-3)17-21(18-20)32-30(36)23-11-5-8-14-26(23)38-2/h4-18H,1-3H3,(H,31,35)(H,32,36)(H,33,34). The lowest BCUT2D eigenvalue weighted by Gasteiger charge is -2.15. The van der Waals surface area contributed by atoms with Gasteiger partial charge in [0, 0.05) is 16.9 Å². The van der Waals surface area contributed by atoms with Crippen molar-refractivity contribution < 1.29 is 28.6 Å². The fourth-order valence-electron chi connectivity index (χ4n) is 3.91. The van der Waals surface area contributed by atoms with Crippen molar-refractivity contribution in [1.82, 2.24) is 0 Å². The first-order chi connectivity index (χ1) is 18.9. The number of anilines is 3. The quantitative estimate of drug-likeness (QED) is 0.267. The highest BCUT2D eigenvalue weighted by Crippen LogP contribution is 2.27. The van der Waals surface area contributed by atoms with Gasteiger partial charge in [0.15, 0.2) is 0 Å². The van der Waals surface area contributed by atoms with Crippen LogP contribution in [-0.2, 0) is 0 Å². The van der Waals surface area contributed by atoms with E-state index in [2.05, 4.69) is 16.0 Å². The van der Waals surface area contributed by atoms with Crippen molar-refractivity contribution in [2.45, 2.75) is 0 Å². The Balaban J connectivity index is 1.68. The van der Waals surface area contributed by atoms with Gasteiger partial charge in [-0.15, -0.1) is 0 Å². The molecule has 39 heavy (non-hydrogen) atoms. The average Bonchev–Trinajstić information content (AvgIpc) is 2.97. The van der Waals surface area contributed by atoms with E-state index in [0.717, 1.165) is 0 Å². The summed E-state index contributed by atoms with van der Waals surface area (Å²) in [5.41, 5.74) is 1.84. The number of carbonyl (C=O) groups is 3. The van der Waals surface area contributed by atoms with E-state index in [0.29, 0.717) is 34.1 Å². The molecular weight excluding hydrogens is 498 g/mol. The first-order valence-electron chi connectivity index (χ1n) is 11.9. The third-order valence-electron chi connectivity index (χ3n) is 5.77. The predicted octanol–water partition coefficient (Wildman–Crippen LogP) is 5.47. The Morgan fingerprint density at radius 2 is 0.949 bits per heavy atom. The minimum atomic E-state index is -0.472. The SMILES string of the molecule is COc1ccccc1NC(=O)c1cc(NC(=O)c2ccccc2OC)cc(NC(=O)c2ccccc2OC)c1. The molecular formula is C30H27N3O6. The van der Waals surface area contributed by atoms with Crippen molar-refractivity contribution in [3.05, 3.63) is 108 Å². The molecule has 0 unspecified atom stereocenters. The van der Waals surface area contributed by atoms with Crippen LogP contribution < -0.4 is 30.2 Å². The number of para-hydroxylation sites is 4. The molecule has 0 radical (unpaired) electrons. The lowest BCUT2D eigenvalue weighted by atomic mass is 10.1. The second-order valence-electron chi connectivity index (χ2n) is 8.26. The Hall–Kier alpha value is -5.31. The Kier molecular flexibility index (Phi) is 8.43. The van der Waals surface area contributed by atoms with Crippen molar-refractivity contribution in [2.75, 3.05) is 37.3 Å². The van der Waals surface area contributed by atoms with Gasteiger partial charge in [0.25, 0.3) is 17.7 Å². The summed E-state index contributed by atoms with van der Waals surface area (Å²) in [6.07, 6.45) is 0. The molecule has 4 aromatic rings. The van der Waals surface area contributed by atoms with Crippen LogP contribution in [-0.4, -0.2) is 39.1 Å². The molecule has 4 aromatic carbocycles. The smallest absolute Gasteiger partial charge is 0.259 e. The summed E-state index contributed by atoms with van der Waals surface area (Å²) in [7, 11) is 4.45. The van der Waals surface area contributed by atoms with E-state index in [1.807, 2.05) is 0 Å². The maximum Gasteiger partial charge on any atom is 0.259 e. The zero-order valence-electron chi connectivity index (χ0n) is 21.6. The first kappa shape index (κ1) is 26.7. The third kappa shape index (κ3) is 6.34. The van der Waals surface area contributed by atoms with Crippen LogP contribution in [0.1, 0.15) is 31.1 Å². The van der Waals surface area contributed by atoms with Crippen LogP contribution in [0.25, 0.3) is 0 Å². The summed E-state index contributed by atoms with van der Waals surface area (Å²) in [4.78, 5) is 39.4. The second kappa shape index (κ2) is 12.3. The maximum atomic E-state index is 13.3. The summed E-state index contributed by atoms with van der Waals surface area (Å²) in [6, 6.07) is 25.1. The molecule has 198 valence electrons. The molecule has 3 amide bonds. The number of amides is 3. The Morgan fingerprint density at radius 3 is 1.44 bits per heavy atom. The van der Waals surface area contributed by atoms with Crippen molar-refractivity contribution in [3.8, 4) is 17.2 Å². The van der Waals surface area contributed by atoms with Gasteiger partial charge in [-0.2, -0.15) is 0 Å². The number of hydrogen-bond acceptors (Lipinski definition) is 6. The summed E-state index contributed by atoms with van der Waals surface area (Å²) in [5.74, 6) is -0.0973. The number of nitrogens with one attached hydrogen (secondary N) is 3. The van der Waals surface area contributed by atoms with Gasteiger partial charge < -0.3 is 30.2 Å². The molecule has 0 aliphatic rings. The summed E-state index contributed by atoms with van der Waals surface area (Å²) < 4.78 is 15.9. The van der Waals surface area contributed by atoms with Crippen LogP contribution in [0.2, 0.25) is 0 Å². The molecule has 0 saturated heterocycles. The topological polar surface area (TPSA) is 115 Å². The fraction of sp³-hybridized carbons (Fsp3) is 0.100. The van der Waals surface area contributed by atoms with Crippen LogP contribution in [0, 0.1) is 0 Å². The normalized spacial score (nSPS) is 10.2. The van der Waals surface area contributed by atoms with Gasteiger partial charge >= 0.3 is 0 Å². The van der Waals surface area contributed by atoms with Gasteiger partial charge in [-0.25, -0.2) is 0 Å². The van der Waals surface area contributed by atoms with Crippen LogP contribution in [0.15, 0.2) is 91.0 Å². The molecule has 0 aromatic heterocycles. The Labute approximate surface area is 225 Å². The summed E-state index contributed by atoms with van der Waals surface area (Å²) in [6.45, 7) is 0. The lowest BCUT2D eigenvalue weighted by molar-refractivity contribution is 0.101. The van der Waals surface area contributed by atoms with Gasteiger partial charge in [-0.3, -0.25) is 14.4 Å². The minimum Gasteiger partial charge on any atom is -0.496 e. The van der Waals surface area contributed by atoms with Gasteiger partial charge in [-0.05, 0) is 54.6 Å². The molecule has 3 N–H and O–H groups in total. The molecule has 0 heterocycles. The van der Waals surface area contributed by atoms with E-state index < -0.39 is 17.7 Å². The average molecular weight is 526 g/mol. The molecule has 9 heteroatoms. The van der Waals surface area contributed by atoms with Crippen molar-refractivity contribution >= 4 is 34.8 Å². The van der Waals surface area contributed by atoms with Gasteiger partial charge in [0.05, 0.1) is 38.1 Å². The lowest BCUT2D eigenvalue weighted by Crippen LogP contribution is -2.18. The maximum absolute atomic E-state index is 13.3. The molecule has 4 rings (SSSR count). The van der Waals surface area contributed by atoms with E-state index in [1.165, 1.54) is 33.5 Å². The fourth-order valence-corrected chi connectivity index (χ4v) is 3.91. The molecule has 9 nitrogen and oxygen atoms in total. The largest absolute Gasteiger partial charge is 0.496 e. The third-order valence-corrected chi connectivity index (χ3v) is 5.77. The minimum absolute atomic E-state index is 0.189. The zero-order chi connectivity index (χ0) is 27.8. The van der Waals surface area contributed by atoms with E-state index in [-0.39, 0.29) is 16.9 Å². The number of ether oxygens (including phenoxy) is 3. The van der Waals surface area contributed by atoms with Crippen molar-refractivity contribution in [3.63, 3.8) is 0 Å². The number of benzene rings is 4. The number of rotatable bonds is 9. The van der Waals surface area contributed by atoms with Gasteiger partial charge in [0.2, 0.25) is 0 Å². The second-order valence-corrected chi connectivity index (χ2v) is 8.26. The van der Waals surface area contributed by atoms with Crippen molar-refractivity contribution in [1.29, 1.82) is 0 Å². The number of methoxy groups -OCH3 is 3. The van der Waals surface area contributed by atoms with Gasteiger partial charge in [0.1, 0.15) is 17.2 Å². The molecule has 0 aliphatic heterocycles. The van der Waals surface area contributed by atoms with E-state index in [1.54, 1.807) is 78.9 Å². The first-order valence-corrected chi connectivity index (χ1v) is 11.9. The molecule has 0 saturated carbocycles. The highest BCUT2D eigenvalue weighted by atomic mass is 16.5. The van der Waals surface area contributed by atoms with Crippen LogP contribution in [0.5, 0.6) is 17.2 Å². The monoisotopic (exact) mass is 525 g/mol. The molecule has 0 spiro atoms. The van der Waals surface area contributed by atoms with Crippen LogP contribution in [0.4, 0.5) is 17.1 Å². The molecule has 0 bridgehead atoms.